The summed E-state index contributed by atoms with van der Waals surface area (Å²) in [5, 5.41) is 5.68. The maximum atomic E-state index is 12.1. The quantitative estimate of drug-likeness (QED) is 0.894. The van der Waals surface area contributed by atoms with E-state index < -0.39 is 11.7 Å². The number of hydrogen-bond acceptors (Lipinski definition) is 3. The highest BCUT2D eigenvalue weighted by Gasteiger charge is 2.18. The first-order chi connectivity index (χ1) is 10.3. The number of rotatable bonds is 3. The van der Waals surface area contributed by atoms with Gasteiger partial charge in [-0.2, -0.15) is 0 Å². The average Bonchev–Trinajstić information content (AvgIpc) is 2.90. The van der Waals surface area contributed by atoms with Crippen molar-refractivity contribution in [2.45, 2.75) is 58.1 Å². The SMILES string of the molecule is CC(C)(C)OC(=O)Nc1ccc(C(=O)NC2CCCC2)cc1. The van der Waals surface area contributed by atoms with Crippen molar-refractivity contribution in [2.75, 3.05) is 5.32 Å². The Kier molecular flexibility index (Phi) is 5.06. The van der Waals surface area contributed by atoms with Gasteiger partial charge in [0.1, 0.15) is 5.60 Å². The van der Waals surface area contributed by atoms with E-state index in [9.17, 15) is 9.59 Å². The topological polar surface area (TPSA) is 67.4 Å². The minimum absolute atomic E-state index is 0.0595. The molecule has 1 aliphatic rings. The van der Waals surface area contributed by atoms with Gasteiger partial charge in [0.15, 0.2) is 0 Å². The Bertz CT molecular complexity index is 526. The molecule has 0 aromatic heterocycles. The van der Waals surface area contributed by atoms with Crippen molar-refractivity contribution in [2.24, 2.45) is 0 Å². The number of anilines is 1. The van der Waals surface area contributed by atoms with Crippen LogP contribution in [0.4, 0.5) is 10.5 Å². The Morgan fingerprint density at radius 3 is 2.23 bits per heavy atom. The number of hydrogen-bond donors (Lipinski definition) is 2. The highest BCUT2D eigenvalue weighted by molar-refractivity contribution is 5.95. The van der Waals surface area contributed by atoms with Gasteiger partial charge >= 0.3 is 6.09 Å². The van der Waals surface area contributed by atoms with Crippen molar-refractivity contribution >= 4 is 17.7 Å². The molecule has 1 saturated carbocycles. The van der Waals surface area contributed by atoms with Crippen LogP contribution >= 0.6 is 0 Å². The van der Waals surface area contributed by atoms with E-state index in [1.54, 1.807) is 24.3 Å². The summed E-state index contributed by atoms with van der Waals surface area (Å²) in [5.41, 5.74) is 0.666. The molecule has 0 unspecified atom stereocenters. The van der Waals surface area contributed by atoms with E-state index in [0.717, 1.165) is 12.8 Å². The fraction of sp³-hybridized carbons (Fsp3) is 0.529. The van der Waals surface area contributed by atoms with Crippen LogP contribution in [0.3, 0.4) is 0 Å². The number of ether oxygens (including phenoxy) is 1. The zero-order valence-electron chi connectivity index (χ0n) is 13.4. The Balaban J connectivity index is 1.89. The van der Waals surface area contributed by atoms with Gasteiger partial charge in [-0.05, 0) is 57.9 Å². The summed E-state index contributed by atoms with van der Waals surface area (Å²) in [7, 11) is 0. The van der Waals surface area contributed by atoms with Crippen LogP contribution in [0.2, 0.25) is 0 Å². The minimum Gasteiger partial charge on any atom is -0.444 e. The molecule has 1 fully saturated rings. The summed E-state index contributed by atoms with van der Waals surface area (Å²) in [6, 6.07) is 7.11. The largest absolute Gasteiger partial charge is 0.444 e. The molecule has 0 aliphatic heterocycles. The molecule has 5 nitrogen and oxygen atoms in total. The second-order valence-corrected chi connectivity index (χ2v) is 6.66. The van der Waals surface area contributed by atoms with E-state index in [2.05, 4.69) is 10.6 Å². The molecular formula is C17H24N2O3. The van der Waals surface area contributed by atoms with Crippen LogP contribution in [-0.4, -0.2) is 23.6 Å². The smallest absolute Gasteiger partial charge is 0.412 e. The molecule has 0 heterocycles. The number of carbonyl (C=O) groups is 2. The van der Waals surface area contributed by atoms with Gasteiger partial charge in [-0.15, -0.1) is 0 Å². The van der Waals surface area contributed by atoms with Gasteiger partial charge in [0.2, 0.25) is 0 Å². The van der Waals surface area contributed by atoms with E-state index in [-0.39, 0.29) is 5.91 Å². The highest BCUT2D eigenvalue weighted by atomic mass is 16.6. The molecule has 0 bridgehead atoms. The third-order valence-electron chi connectivity index (χ3n) is 3.48. The molecular weight excluding hydrogens is 280 g/mol. The van der Waals surface area contributed by atoms with Gasteiger partial charge in [-0.1, -0.05) is 12.8 Å². The first kappa shape index (κ1) is 16.3. The molecule has 2 rings (SSSR count). The van der Waals surface area contributed by atoms with Gasteiger partial charge in [0.25, 0.3) is 5.91 Å². The van der Waals surface area contributed by atoms with E-state index in [4.69, 9.17) is 4.74 Å². The Morgan fingerprint density at radius 2 is 1.68 bits per heavy atom. The molecule has 5 heteroatoms. The molecule has 1 aliphatic carbocycles. The molecule has 1 aromatic rings. The lowest BCUT2D eigenvalue weighted by Gasteiger charge is -2.19. The van der Waals surface area contributed by atoms with Crippen molar-refractivity contribution in [1.82, 2.24) is 5.32 Å². The van der Waals surface area contributed by atoms with Crippen LogP contribution in [0.25, 0.3) is 0 Å². The van der Waals surface area contributed by atoms with Gasteiger partial charge < -0.3 is 10.1 Å². The molecule has 22 heavy (non-hydrogen) atoms. The van der Waals surface area contributed by atoms with E-state index in [1.165, 1.54) is 12.8 Å². The van der Waals surface area contributed by atoms with Crippen molar-refractivity contribution in [3.8, 4) is 0 Å². The van der Waals surface area contributed by atoms with Gasteiger partial charge in [0, 0.05) is 17.3 Å². The van der Waals surface area contributed by atoms with E-state index >= 15 is 0 Å². The van der Waals surface area contributed by atoms with Crippen LogP contribution in [0.15, 0.2) is 24.3 Å². The Labute approximate surface area is 131 Å². The summed E-state index contributed by atoms with van der Waals surface area (Å²) < 4.78 is 5.18. The van der Waals surface area contributed by atoms with Crippen LogP contribution < -0.4 is 10.6 Å². The van der Waals surface area contributed by atoms with Gasteiger partial charge in [-0.25, -0.2) is 4.79 Å². The number of carbonyl (C=O) groups excluding carboxylic acids is 2. The summed E-state index contributed by atoms with van der Waals surface area (Å²) in [6.07, 6.45) is 3.98. The normalized spacial score (nSPS) is 15.4. The maximum Gasteiger partial charge on any atom is 0.412 e. The second-order valence-electron chi connectivity index (χ2n) is 6.66. The first-order valence-corrected chi connectivity index (χ1v) is 7.74. The maximum absolute atomic E-state index is 12.1. The fourth-order valence-electron chi connectivity index (χ4n) is 2.47. The molecule has 2 N–H and O–H groups in total. The Morgan fingerprint density at radius 1 is 1.09 bits per heavy atom. The second kappa shape index (κ2) is 6.81. The average molecular weight is 304 g/mol. The molecule has 0 atom stereocenters. The van der Waals surface area contributed by atoms with Crippen LogP contribution in [0.1, 0.15) is 56.8 Å². The lowest BCUT2D eigenvalue weighted by Crippen LogP contribution is -2.32. The molecule has 0 spiro atoms. The molecule has 0 radical (unpaired) electrons. The van der Waals surface area contributed by atoms with Crippen molar-refractivity contribution < 1.29 is 14.3 Å². The minimum atomic E-state index is -0.537. The molecule has 2 amide bonds. The standard InChI is InChI=1S/C17H24N2O3/c1-17(2,3)22-16(21)19-14-10-8-12(9-11-14)15(20)18-13-6-4-5-7-13/h8-11,13H,4-7H2,1-3H3,(H,18,20)(H,19,21). The van der Waals surface area contributed by atoms with Crippen LogP contribution in [-0.2, 0) is 4.74 Å². The van der Waals surface area contributed by atoms with Gasteiger partial charge in [-0.3, -0.25) is 10.1 Å². The molecule has 0 saturated heterocycles. The molecule has 1 aromatic carbocycles. The lowest BCUT2D eigenvalue weighted by molar-refractivity contribution is 0.0635. The monoisotopic (exact) mass is 304 g/mol. The summed E-state index contributed by atoms with van der Waals surface area (Å²) in [6.45, 7) is 5.43. The predicted octanol–water partition coefficient (Wildman–Crippen LogP) is 3.71. The Hall–Kier alpha value is -2.04. The lowest BCUT2D eigenvalue weighted by atomic mass is 10.1. The zero-order valence-corrected chi connectivity index (χ0v) is 13.4. The third kappa shape index (κ3) is 5.06. The van der Waals surface area contributed by atoms with Crippen molar-refractivity contribution in [1.29, 1.82) is 0 Å². The highest BCUT2D eigenvalue weighted by Crippen LogP contribution is 2.18. The summed E-state index contributed by atoms with van der Waals surface area (Å²) in [5.74, 6) is -0.0595. The van der Waals surface area contributed by atoms with Gasteiger partial charge in [0.05, 0.1) is 0 Å². The van der Waals surface area contributed by atoms with E-state index in [0.29, 0.717) is 17.3 Å². The fourth-order valence-corrected chi connectivity index (χ4v) is 2.47. The zero-order chi connectivity index (χ0) is 16.2. The van der Waals surface area contributed by atoms with Crippen molar-refractivity contribution in [3.05, 3.63) is 29.8 Å². The van der Waals surface area contributed by atoms with Crippen LogP contribution in [0, 0.1) is 0 Å². The summed E-state index contributed by atoms with van der Waals surface area (Å²) >= 11 is 0. The third-order valence-corrected chi connectivity index (χ3v) is 3.48. The molecule has 120 valence electrons. The van der Waals surface area contributed by atoms with E-state index in [1.807, 2.05) is 20.8 Å². The first-order valence-electron chi connectivity index (χ1n) is 7.74. The predicted molar refractivity (Wildman–Crippen MR) is 86.0 cm³/mol. The number of amides is 2. The van der Waals surface area contributed by atoms with Crippen LogP contribution in [0.5, 0.6) is 0 Å². The number of nitrogens with one attached hydrogen (secondary N) is 2. The number of benzene rings is 1. The summed E-state index contributed by atoms with van der Waals surface area (Å²) in [4.78, 5) is 23.8. The van der Waals surface area contributed by atoms with Crippen molar-refractivity contribution in [3.63, 3.8) is 0 Å².